The molecule has 0 fully saturated rings. The second-order valence-electron chi connectivity index (χ2n) is 3.56. The number of ether oxygens (including phenoxy) is 1. The van der Waals surface area contributed by atoms with Crippen LogP contribution in [0.1, 0.15) is 19.4 Å². The van der Waals surface area contributed by atoms with E-state index < -0.39 is 7.60 Å². The Bertz CT molecular complexity index is 426. The first-order valence-electron chi connectivity index (χ1n) is 5.75. The zero-order valence-electron chi connectivity index (χ0n) is 10.8. The summed E-state index contributed by atoms with van der Waals surface area (Å²) >= 11 is 3.38. The lowest BCUT2D eigenvalue weighted by Gasteiger charge is -2.18. The summed E-state index contributed by atoms with van der Waals surface area (Å²) in [5, 5.41) is 0. The zero-order chi connectivity index (χ0) is 13.6. The summed E-state index contributed by atoms with van der Waals surface area (Å²) in [7, 11) is -1.52. The number of benzene rings is 1. The van der Waals surface area contributed by atoms with Crippen LogP contribution in [0.2, 0.25) is 0 Å². The highest BCUT2D eigenvalue weighted by atomic mass is 79.9. The fourth-order valence-electron chi connectivity index (χ4n) is 1.60. The maximum absolute atomic E-state index is 12.4. The Labute approximate surface area is 116 Å². The smallest absolute Gasteiger partial charge is 0.335 e. The Kier molecular flexibility index (Phi) is 6.36. The molecule has 0 aliphatic carbocycles. The number of methoxy groups -OCH3 is 1. The summed E-state index contributed by atoms with van der Waals surface area (Å²) in [5.74, 6) is 0.679. The second-order valence-corrected chi connectivity index (χ2v) is 6.53. The molecule has 102 valence electrons. The monoisotopic (exact) mass is 336 g/mol. The Balaban J connectivity index is 2.99. The Hall–Kier alpha value is -0.350. The van der Waals surface area contributed by atoms with Crippen LogP contribution in [0.4, 0.5) is 0 Å². The molecule has 0 radical (unpaired) electrons. The van der Waals surface area contributed by atoms with Crippen LogP contribution in [0.25, 0.3) is 0 Å². The third-order valence-electron chi connectivity index (χ3n) is 2.26. The molecule has 0 aliphatic rings. The van der Waals surface area contributed by atoms with Gasteiger partial charge < -0.3 is 13.8 Å². The van der Waals surface area contributed by atoms with Gasteiger partial charge in [-0.05, 0) is 32.0 Å². The fourth-order valence-corrected chi connectivity index (χ4v) is 3.72. The van der Waals surface area contributed by atoms with Crippen molar-refractivity contribution in [1.82, 2.24) is 0 Å². The summed E-state index contributed by atoms with van der Waals surface area (Å²) in [6.45, 7) is 4.30. The van der Waals surface area contributed by atoms with Gasteiger partial charge in [0.2, 0.25) is 0 Å². The number of rotatable bonds is 7. The molecule has 0 atom stereocenters. The zero-order valence-corrected chi connectivity index (χ0v) is 13.3. The summed E-state index contributed by atoms with van der Waals surface area (Å²) < 4.78 is 29.1. The summed E-state index contributed by atoms with van der Waals surface area (Å²) in [6.07, 6.45) is 0.206. The minimum absolute atomic E-state index is 0.206. The highest BCUT2D eigenvalue weighted by Crippen LogP contribution is 2.52. The van der Waals surface area contributed by atoms with E-state index in [2.05, 4.69) is 15.9 Å². The van der Waals surface area contributed by atoms with Crippen LogP contribution in [0.5, 0.6) is 5.75 Å². The highest BCUT2D eigenvalue weighted by Gasteiger charge is 2.25. The first-order chi connectivity index (χ1) is 8.54. The van der Waals surface area contributed by atoms with Gasteiger partial charge in [0.25, 0.3) is 0 Å². The van der Waals surface area contributed by atoms with Gasteiger partial charge in [0.1, 0.15) is 5.75 Å². The van der Waals surface area contributed by atoms with E-state index in [9.17, 15) is 4.57 Å². The topological polar surface area (TPSA) is 44.8 Å². The molecule has 0 N–H and O–H groups in total. The second kappa shape index (κ2) is 7.29. The predicted octanol–water partition coefficient (Wildman–Crippen LogP) is 4.22. The molecule has 6 heteroatoms. The molecule has 0 saturated heterocycles. The fraction of sp³-hybridized carbons (Fsp3) is 0.500. The molecule has 0 bridgehead atoms. The molecule has 1 rings (SSSR count). The van der Waals surface area contributed by atoms with Crippen molar-refractivity contribution < 1.29 is 18.3 Å². The predicted molar refractivity (Wildman–Crippen MR) is 75.3 cm³/mol. The molecule has 18 heavy (non-hydrogen) atoms. The van der Waals surface area contributed by atoms with Gasteiger partial charge in [-0.2, -0.15) is 0 Å². The van der Waals surface area contributed by atoms with Crippen LogP contribution in [0, 0.1) is 0 Å². The molecule has 0 amide bonds. The third kappa shape index (κ3) is 4.39. The first-order valence-corrected chi connectivity index (χ1v) is 8.27. The number of hydrogen-bond donors (Lipinski definition) is 0. The van der Waals surface area contributed by atoms with E-state index in [4.69, 9.17) is 13.8 Å². The maximum atomic E-state index is 12.4. The van der Waals surface area contributed by atoms with E-state index >= 15 is 0 Å². The van der Waals surface area contributed by atoms with E-state index in [0.29, 0.717) is 19.0 Å². The van der Waals surface area contributed by atoms with Crippen molar-refractivity contribution in [1.29, 1.82) is 0 Å². The van der Waals surface area contributed by atoms with Gasteiger partial charge in [-0.3, -0.25) is 4.57 Å². The van der Waals surface area contributed by atoms with Gasteiger partial charge >= 0.3 is 7.60 Å². The molecule has 0 saturated carbocycles. The molecule has 0 aliphatic heterocycles. The normalized spacial score (nSPS) is 11.6. The lowest BCUT2D eigenvalue weighted by molar-refractivity contribution is 0.219. The quantitative estimate of drug-likeness (QED) is 0.699. The average Bonchev–Trinajstić information content (AvgIpc) is 2.29. The van der Waals surface area contributed by atoms with Crippen molar-refractivity contribution >= 4 is 23.5 Å². The molecular weight excluding hydrogens is 319 g/mol. The molecule has 0 unspecified atom stereocenters. The van der Waals surface area contributed by atoms with Gasteiger partial charge in [-0.1, -0.05) is 15.9 Å². The molecule has 1 aromatic rings. The van der Waals surface area contributed by atoms with Gasteiger partial charge in [-0.15, -0.1) is 0 Å². The van der Waals surface area contributed by atoms with Gasteiger partial charge in [-0.25, -0.2) is 0 Å². The van der Waals surface area contributed by atoms with Crippen LogP contribution >= 0.6 is 23.5 Å². The van der Waals surface area contributed by atoms with Crippen LogP contribution in [0.3, 0.4) is 0 Å². The Morgan fingerprint density at radius 3 is 2.33 bits per heavy atom. The van der Waals surface area contributed by atoms with Crippen molar-refractivity contribution in [3.63, 3.8) is 0 Å². The Morgan fingerprint density at radius 1 is 1.22 bits per heavy atom. The minimum atomic E-state index is -3.10. The summed E-state index contributed by atoms with van der Waals surface area (Å²) in [4.78, 5) is 0. The van der Waals surface area contributed by atoms with Crippen molar-refractivity contribution in [3.05, 3.63) is 28.2 Å². The van der Waals surface area contributed by atoms with Crippen LogP contribution < -0.4 is 4.74 Å². The Morgan fingerprint density at radius 2 is 1.83 bits per heavy atom. The van der Waals surface area contributed by atoms with Crippen molar-refractivity contribution in [3.8, 4) is 5.75 Å². The molecular formula is C12H18BrO4P. The van der Waals surface area contributed by atoms with Crippen molar-refractivity contribution in [2.75, 3.05) is 20.3 Å². The van der Waals surface area contributed by atoms with E-state index in [1.54, 1.807) is 21.0 Å². The van der Waals surface area contributed by atoms with E-state index in [-0.39, 0.29) is 6.16 Å². The lowest BCUT2D eigenvalue weighted by atomic mass is 10.2. The van der Waals surface area contributed by atoms with E-state index in [1.807, 2.05) is 18.2 Å². The van der Waals surface area contributed by atoms with Crippen LogP contribution in [-0.2, 0) is 19.8 Å². The molecule has 1 aromatic carbocycles. The van der Waals surface area contributed by atoms with Crippen LogP contribution in [-0.4, -0.2) is 20.3 Å². The summed E-state index contributed by atoms with van der Waals surface area (Å²) in [6, 6.07) is 5.56. The minimum Gasteiger partial charge on any atom is -0.496 e. The highest BCUT2D eigenvalue weighted by molar-refractivity contribution is 9.10. The first kappa shape index (κ1) is 15.7. The maximum Gasteiger partial charge on any atom is 0.335 e. The van der Waals surface area contributed by atoms with E-state index in [0.717, 1.165) is 10.0 Å². The van der Waals surface area contributed by atoms with Gasteiger partial charge in [0.15, 0.2) is 0 Å². The number of hydrogen-bond acceptors (Lipinski definition) is 4. The molecule has 0 spiro atoms. The SMILES string of the molecule is CCOP(=O)(Cc1cc(Br)ccc1OC)OCC. The lowest BCUT2D eigenvalue weighted by Crippen LogP contribution is -2.00. The van der Waals surface area contributed by atoms with E-state index in [1.165, 1.54) is 0 Å². The van der Waals surface area contributed by atoms with Gasteiger partial charge in [0.05, 0.1) is 26.5 Å². The van der Waals surface area contributed by atoms with Crippen molar-refractivity contribution in [2.45, 2.75) is 20.0 Å². The average molecular weight is 337 g/mol. The molecule has 0 heterocycles. The van der Waals surface area contributed by atoms with Gasteiger partial charge in [0, 0.05) is 10.0 Å². The number of halogens is 1. The largest absolute Gasteiger partial charge is 0.496 e. The molecule has 0 aromatic heterocycles. The third-order valence-corrected chi connectivity index (χ3v) is 4.78. The van der Waals surface area contributed by atoms with Crippen molar-refractivity contribution in [2.24, 2.45) is 0 Å². The van der Waals surface area contributed by atoms with Crippen LogP contribution in [0.15, 0.2) is 22.7 Å². The standard InChI is InChI=1S/C12H18BrO4P/c1-4-16-18(14,17-5-2)9-10-8-11(13)6-7-12(10)15-3/h6-8H,4-5,9H2,1-3H3. The molecule has 4 nitrogen and oxygen atoms in total. The summed E-state index contributed by atoms with van der Waals surface area (Å²) in [5.41, 5.74) is 0.803.